The third-order valence-electron chi connectivity index (χ3n) is 2.81. The number of halogens is 1. The van der Waals surface area contributed by atoms with E-state index in [-0.39, 0.29) is 12.3 Å². The van der Waals surface area contributed by atoms with Gasteiger partial charge in [-0.05, 0) is 25.0 Å². The molecule has 4 nitrogen and oxygen atoms in total. The van der Waals surface area contributed by atoms with Crippen LogP contribution in [0.4, 0.5) is 0 Å². The third kappa shape index (κ3) is 4.51. The highest BCUT2D eigenvalue weighted by atomic mass is 35.5. The molecular weight excluding hydrogens is 286 g/mol. The maximum Gasteiger partial charge on any atom is 0.238 e. The van der Waals surface area contributed by atoms with Crippen molar-refractivity contribution in [3.05, 3.63) is 34.9 Å². The Bertz CT molecular complexity index is 543. The van der Waals surface area contributed by atoms with Gasteiger partial charge >= 0.3 is 0 Å². The second-order valence-electron chi connectivity index (χ2n) is 4.32. The van der Waals surface area contributed by atoms with Crippen molar-refractivity contribution in [2.45, 2.75) is 32.1 Å². The van der Waals surface area contributed by atoms with E-state index in [1.807, 2.05) is 6.07 Å². The Kier molecular flexibility index (Phi) is 5.82. The van der Waals surface area contributed by atoms with Crippen LogP contribution >= 0.6 is 11.6 Å². The van der Waals surface area contributed by atoms with Crippen molar-refractivity contribution in [3.63, 3.8) is 0 Å². The molecule has 6 heteroatoms. The standard InChI is InChI=1S/C13H18ClNO3S/c1-3-8-19(17,18)10(2)13(16)15-9-11-6-4-5-7-12(11)14/h4-7,10H,3,8-9H2,1-2H3,(H,15,16). The smallest absolute Gasteiger partial charge is 0.238 e. The molecule has 19 heavy (non-hydrogen) atoms. The van der Waals surface area contributed by atoms with E-state index < -0.39 is 21.0 Å². The minimum atomic E-state index is -3.37. The summed E-state index contributed by atoms with van der Waals surface area (Å²) in [6.07, 6.45) is 0.504. The summed E-state index contributed by atoms with van der Waals surface area (Å²) in [4.78, 5) is 11.8. The zero-order chi connectivity index (χ0) is 14.5. The van der Waals surface area contributed by atoms with E-state index in [4.69, 9.17) is 11.6 Å². The number of amides is 1. The molecule has 0 spiro atoms. The average molecular weight is 304 g/mol. The molecule has 0 aromatic heterocycles. The van der Waals surface area contributed by atoms with Crippen molar-refractivity contribution >= 4 is 27.3 Å². The number of carbonyl (C=O) groups is 1. The first-order valence-corrected chi connectivity index (χ1v) is 8.20. The zero-order valence-electron chi connectivity index (χ0n) is 11.0. The normalized spacial score (nSPS) is 13.0. The average Bonchev–Trinajstić information content (AvgIpc) is 2.36. The van der Waals surface area contributed by atoms with Gasteiger partial charge in [-0.15, -0.1) is 0 Å². The predicted octanol–water partition coefficient (Wildman–Crippen LogP) is 2.17. The first kappa shape index (κ1) is 16.0. The van der Waals surface area contributed by atoms with Crippen LogP contribution in [0, 0.1) is 0 Å². The molecule has 0 radical (unpaired) electrons. The SMILES string of the molecule is CCCS(=O)(=O)C(C)C(=O)NCc1ccccc1Cl. The highest BCUT2D eigenvalue weighted by molar-refractivity contribution is 7.92. The van der Waals surface area contributed by atoms with Gasteiger partial charge in [0.2, 0.25) is 5.91 Å². The molecule has 0 aliphatic rings. The maximum absolute atomic E-state index is 11.8. The Morgan fingerprint density at radius 3 is 2.58 bits per heavy atom. The monoisotopic (exact) mass is 303 g/mol. The summed E-state index contributed by atoms with van der Waals surface area (Å²) >= 11 is 5.96. The van der Waals surface area contributed by atoms with Gasteiger partial charge in [-0.1, -0.05) is 36.7 Å². The van der Waals surface area contributed by atoms with Gasteiger partial charge < -0.3 is 5.32 Å². The van der Waals surface area contributed by atoms with Crippen LogP contribution in [-0.4, -0.2) is 25.3 Å². The van der Waals surface area contributed by atoms with E-state index in [1.54, 1.807) is 25.1 Å². The lowest BCUT2D eigenvalue weighted by Gasteiger charge is -2.13. The predicted molar refractivity (Wildman–Crippen MR) is 76.8 cm³/mol. The van der Waals surface area contributed by atoms with Crippen LogP contribution < -0.4 is 5.32 Å². The second kappa shape index (κ2) is 6.91. The summed E-state index contributed by atoms with van der Waals surface area (Å²) in [6.45, 7) is 3.41. The van der Waals surface area contributed by atoms with Crippen LogP contribution in [0.15, 0.2) is 24.3 Å². The largest absolute Gasteiger partial charge is 0.351 e. The molecule has 1 atom stereocenters. The number of carbonyl (C=O) groups excluding carboxylic acids is 1. The zero-order valence-corrected chi connectivity index (χ0v) is 12.6. The van der Waals surface area contributed by atoms with Crippen LogP contribution in [0.5, 0.6) is 0 Å². The van der Waals surface area contributed by atoms with Gasteiger partial charge in [0.1, 0.15) is 5.25 Å². The number of hydrogen-bond acceptors (Lipinski definition) is 3. The fourth-order valence-corrected chi connectivity index (χ4v) is 3.13. The van der Waals surface area contributed by atoms with Crippen molar-refractivity contribution in [1.29, 1.82) is 0 Å². The van der Waals surface area contributed by atoms with E-state index in [2.05, 4.69) is 5.32 Å². The van der Waals surface area contributed by atoms with Gasteiger partial charge in [0.15, 0.2) is 9.84 Å². The maximum atomic E-state index is 11.8. The van der Waals surface area contributed by atoms with Gasteiger partial charge in [0, 0.05) is 11.6 Å². The van der Waals surface area contributed by atoms with Crippen molar-refractivity contribution in [2.75, 3.05) is 5.75 Å². The summed E-state index contributed by atoms with van der Waals surface area (Å²) in [7, 11) is -3.37. The lowest BCUT2D eigenvalue weighted by molar-refractivity contribution is -0.120. The van der Waals surface area contributed by atoms with E-state index in [9.17, 15) is 13.2 Å². The summed E-state index contributed by atoms with van der Waals surface area (Å²) in [5, 5.41) is 2.12. The van der Waals surface area contributed by atoms with Crippen LogP contribution in [0.25, 0.3) is 0 Å². The van der Waals surface area contributed by atoms with Crippen LogP contribution in [0.3, 0.4) is 0 Å². The Balaban J connectivity index is 2.64. The fraction of sp³-hybridized carbons (Fsp3) is 0.462. The van der Waals surface area contributed by atoms with Crippen LogP contribution in [0.1, 0.15) is 25.8 Å². The van der Waals surface area contributed by atoms with Crippen LogP contribution in [0.2, 0.25) is 5.02 Å². The van der Waals surface area contributed by atoms with Crippen molar-refractivity contribution in [2.24, 2.45) is 0 Å². The number of nitrogens with one attached hydrogen (secondary N) is 1. The first-order chi connectivity index (χ1) is 8.88. The lowest BCUT2D eigenvalue weighted by Crippen LogP contribution is -2.38. The quantitative estimate of drug-likeness (QED) is 0.876. The van der Waals surface area contributed by atoms with Gasteiger partial charge in [-0.3, -0.25) is 4.79 Å². The van der Waals surface area contributed by atoms with E-state index in [0.717, 1.165) is 5.56 Å². The topological polar surface area (TPSA) is 63.2 Å². The van der Waals surface area contributed by atoms with Crippen molar-refractivity contribution in [3.8, 4) is 0 Å². The molecule has 1 unspecified atom stereocenters. The summed E-state index contributed by atoms with van der Waals surface area (Å²) in [6, 6.07) is 7.11. The van der Waals surface area contributed by atoms with E-state index in [0.29, 0.717) is 11.4 Å². The van der Waals surface area contributed by atoms with Gasteiger partial charge in [0.25, 0.3) is 0 Å². The third-order valence-corrected chi connectivity index (χ3v) is 5.44. The van der Waals surface area contributed by atoms with Gasteiger partial charge in [0.05, 0.1) is 5.75 Å². The number of sulfone groups is 1. The molecule has 1 N–H and O–H groups in total. The highest BCUT2D eigenvalue weighted by Crippen LogP contribution is 2.14. The van der Waals surface area contributed by atoms with Crippen LogP contribution in [-0.2, 0) is 21.2 Å². The lowest BCUT2D eigenvalue weighted by atomic mass is 10.2. The van der Waals surface area contributed by atoms with Gasteiger partial charge in [-0.2, -0.15) is 0 Å². The first-order valence-electron chi connectivity index (χ1n) is 6.11. The molecule has 0 heterocycles. The molecule has 0 aliphatic heterocycles. The molecular formula is C13H18ClNO3S. The molecule has 0 aliphatic carbocycles. The Labute approximate surface area is 119 Å². The summed E-state index contributed by atoms with van der Waals surface area (Å²) in [5.41, 5.74) is 0.762. The highest BCUT2D eigenvalue weighted by Gasteiger charge is 2.26. The minimum absolute atomic E-state index is 0.0215. The van der Waals surface area contributed by atoms with Gasteiger partial charge in [-0.25, -0.2) is 8.42 Å². The second-order valence-corrected chi connectivity index (χ2v) is 7.17. The molecule has 0 saturated carbocycles. The number of rotatable bonds is 6. The molecule has 0 fully saturated rings. The van der Waals surface area contributed by atoms with E-state index in [1.165, 1.54) is 6.92 Å². The number of benzene rings is 1. The van der Waals surface area contributed by atoms with Crippen molar-refractivity contribution < 1.29 is 13.2 Å². The summed E-state index contributed by atoms with van der Waals surface area (Å²) in [5.74, 6) is -0.471. The Morgan fingerprint density at radius 1 is 1.37 bits per heavy atom. The molecule has 0 bridgehead atoms. The van der Waals surface area contributed by atoms with Crippen molar-refractivity contribution in [1.82, 2.24) is 5.32 Å². The molecule has 1 aromatic rings. The molecule has 0 saturated heterocycles. The Hall–Kier alpha value is -1.07. The minimum Gasteiger partial charge on any atom is -0.351 e. The molecule has 1 amide bonds. The Morgan fingerprint density at radius 2 is 2.00 bits per heavy atom. The molecule has 1 rings (SSSR count). The fourth-order valence-electron chi connectivity index (χ4n) is 1.59. The molecule has 106 valence electrons. The molecule has 1 aromatic carbocycles. The summed E-state index contributed by atoms with van der Waals surface area (Å²) < 4.78 is 23.5. The van der Waals surface area contributed by atoms with E-state index >= 15 is 0 Å². The number of hydrogen-bond donors (Lipinski definition) is 1.